The molecule has 0 aliphatic heterocycles. The number of aromatic nitrogens is 2. The van der Waals surface area contributed by atoms with E-state index in [9.17, 15) is 9.59 Å². The predicted molar refractivity (Wildman–Crippen MR) is 62.0 cm³/mol. The quantitative estimate of drug-likeness (QED) is 0.817. The van der Waals surface area contributed by atoms with Gasteiger partial charge in [0.15, 0.2) is 0 Å². The van der Waals surface area contributed by atoms with Gasteiger partial charge in [0, 0.05) is 5.56 Å². The van der Waals surface area contributed by atoms with Crippen LogP contribution >= 0.6 is 0 Å². The number of aromatic carboxylic acids is 1. The van der Waals surface area contributed by atoms with Crippen molar-refractivity contribution in [1.82, 2.24) is 10.2 Å². The van der Waals surface area contributed by atoms with Crippen LogP contribution in [-0.4, -0.2) is 21.3 Å². The number of carboxylic acids is 1. The number of hydrogen-bond donors (Lipinski definition) is 2. The molecular formula is C12H10N2O3. The molecule has 0 atom stereocenters. The average Bonchev–Trinajstić information content (AvgIpc) is 2.28. The van der Waals surface area contributed by atoms with E-state index in [1.165, 1.54) is 6.20 Å². The summed E-state index contributed by atoms with van der Waals surface area (Å²) >= 11 is 0. The number of carboxylic acid groups (broad SMARTS) is 1. The summed E-state index contributed by atoms with van der Waals surface area (Å²) in [7, 11) is 0. The summed E-state index contributed by atoms with van der Waals surface area (Å²) < 4.78 is 0. The molecule has 0 amide bonds. The van der Waals surface area contributed by atoms with E-state index in [2.05, 4.69) is 10.2 Å². The minimum Gasteiger partial charge on any atom is -0.477 e. The van der Waals surface area contributed by atoms with E-state index >= 15 is 0 Å². The molecule has 0 spiro atoms. The van der Waals surface area contributed by atoms with Crippen molar-refractivity contribution in [3.63, 3.8) is 0 Å². The van der Waals surface area contributed by atoms with Crippen LogP contribution in [0.1, 0.15) is 15.9 Å². The molecule has 2 aromatic rings. The van der Waals surface area contributed by atoms with E-state index in [0.717, 1.165) is 5.56 Å². The molecular weight excluding hydrogens is 220 g/mol. The monoisotopic (exact) mass is 230 g/mol. The molecule has 0 bridgehead atoms. The Morgan fingerprint density at radius 3 is 2.82 bits per heavy atom. The maximum absolute atomic E-state index is 11.4. The number of benzene rings is 1. The van der Waals surface area contributed by atoms with Gasteiger partial charge in [-0.15, -0.1) is 0 Å². The number of nitrogens with one attached hydrogen (secondary N) is 1. The lowest BCUT2D eigenvalue weighted by molar-refractivity contribution is 0.0695. The first-order valence-corrected chi connectivity index (χ1v) is 4.97. The fraction of sp³-hybridized carbons (Fsp3) is 0.0833. The molecule has 17 heavy (non-hydrogen) atoms. The fourth-order valence-corrected chi connectivity index (χ4v) is 1.64. The van der Waals surface area contributed by atoms with Crippen LogP contribution in [0.5, 0.6) is 0 Å². The van der Waals surface area contributed by atoms with Gasteiger partial charge in [-0.25, -0.2) is 9.89 Å². The maximum atomic E-state index is 11.4. The van der Waals surface area contributed by atoms with Gasteiger partial charge in [-0.3, -0.25) is 4.79 Å². The van der Waals surface area contributed by atoms with Crippen LogP contribution in [0, 0.1) is 6.92 Å². The van der Waals surface area contributed by atoms with Gasteiger partial charge < -0.3 is 5.11 Å². The summed E-state index contributed by atoms with van der Waals surface area (Å²) in [5, 5.41) is 14.8. The van der Waals surface area contributed by atoms with Gasteiger partial charge in [0.05, 0.1) is 6.20 Å². The van der Waals surface area contributed by atoms with Gasteiger partial charge in [0.25, 0.3) is 5.56 Å². The van der Waals surface area contributed by atoms with Gasteiger partial charge in [-0.05, 0) is 12.5 Å². The van der Waals surface area contributed by atoms with E-state index in [0.29, 0.717) is 11.1 Å². The molecule has 1 aromatic carbocycles. The lowest BCUT2D eigenvalue weighted by Crippen LogP contribution is -2.19. The minimum atomic E-state index is -1.26. The van der Waals surface area contributed by atoms with Crippen molar-refractivity contribution in [3.05, 3.63) is 51.9 Å². The highest BCUT2D eigenvalue weighted by Gasteiger charge is 2.16. The Kier molecular flexibility index (Phi) is 2.74. The van der Waals surface area contributed by atoms with Gasteiger partial charge in [-0.2, -0.15) is 5.10 Å². The Bertz CT molecular complexity index is 632. The standard InChI is InChI=1S/C12H10N2O3/c1-7-3-2-4-8(5-7)9-6-13-14-11(15)10(9)12(16)17/h2-6H,1H3,(H,14,15)(H,16,17). The summed E-state index contributed by atoms with van der Waals surface area (Å²) in [5.74, 6) is -1.26. The molecule has 86 valence electrons. The normalized spacial score (nSPS) is 10.2. The zero-order valence-corrected chi connectivity index (χ0v) is 9.10. The highest BCUT2D eigenvalue weighted by molar-refractivity contribution is 5.95. The predicted octanol–water partition coefficient (Wildman–Crippen LogP) is 1.44. The molecule has 0 radical (unpaired) electrons. The topological polar surface area (TPSA) is 83.0 Å². The van der Waals surface area contributed by atoms with Crippen LogP contribution in [0.2, 0.25) is 0 Å². The first-order valence-electron chi connectivity index (χ1n) is 4.97. The van der Waals surface area contributed by atoms with Crippen molar-refractivity contribution >= 4 is 5.97 Å². The van der Waals surface area contributed by atoms with E-state index in [-0.39, 0.29) is 5.56 Å². The Labute approximate surface area is 96.7 Å². The summed E-state index contributed by atoms with van der Waals surface area (Å²) in [6.07, 6.45) is 1.35. The maximum Gasteiger partial charge on any atom is 0.342 e. The minimum absolute atomic E-state index is 0.286. The van der Waals surface area contributed by atoms with Crippen molar-refractivity contribution in [2.75, 3.05) is 0 Å². The number of aromatic amines is 1. The Hall–Kier alpha value is -2.43. The molecule has 0 saturated carbocycles. The number of carbonyl (C=O) groups is 1. The number of H-pyrrole nitrogens is 1. The van der Waals surface area contributed by atoms with Gasteiger partial charge >= 0.3 is 5.97 Å². The van der Waals surface area contributed by atoms with Crippen molar-refractivity contribution in [3.8, 4) is 11.1 Å². The van der Waals surface area contributed by atoms with Crippen LogP contribution in [-0.2, 0) is 0 Å². The first-order chi connectivity index (χ1) is 8.09. The van der Waals surface area contributed by atoms with Crippen LogP contribution < -0.4 is 5.56 Å². The van der Waals surface area contributed by atoms with E-state index in [1.807, 2.05) is 19.1 Å². The fourth-order valence-electron chi connectivity index (χ4n) is 1.64. The van der Waals surface area contributed by atoms with Crippen molar-refractivity contribution in [2.45, 2.75) is 6.92 Å². The number of nitrogens with zero attached hydrogens (tertiary/aromatic N) is 1. The molecule has 0 aliphatic rings. The second-order valence-electron chi connectivity index (χ2n) is 3.66. The molecule has 2 N–H and O–H groups in total. The molecule has 0 unspecified atom stereocenters. The molecule has 1 aromatic heterocycles. The van der Waals surface area contributed by atoms with E-state index in [1.54, 1.807) is 12.1 Å². The SMILES string of the molecule is Cc1cccc(-c2cn[nH]c(=O)c2C(=O)O)c1. The lowest BCUT2D eigenvalue weighted by Gasteiger charge is -2.05. The van der Waals surface area contributed by atoms with Gasteiger partial charge in [0.1, 0.15) is 5.56 Å². The molecule has 1 heterocycles. The van der Waals surface area contributed by atoms with Crippen molar-refractivity contribution in [1.29, 1.82) is 0 Å². The summed E-state index contributed by atoms with van der Waals surface area (Å²) in [6, 6.07) is 7.25. The van der Waals surface area contributed by atoms with Crippen molar-refractivity contribution in [2.24, 2.45) is 0 Å². The van der Waals surface area contributed by atoms with Gasteiger partial charge in [-0.1, -0.05) is 29.8 Å². The van der Waals surface area contributed by atoms with E-state index < -0.39 is 11.5 Å². The van der Waals surface area contributed by atoms with Crippen LogP contribution in [0.25, 0.3) is 11.1 Å². The Morgan fingerprint density at radius 2 is 2.18 bits per heavy atom. The Morgan fingerprint density at radius 1 is 1.41 bits per heavy atom. The van der Waals surface area contributed by atoms with Crippen LogP contribution in [0.3, 0.4) is 0 Å². The highest BCUT2D eigenvalue weighted by atomic mass is 16.4. The number of aryl methyl sites for hydroxylation is 1. The summed E-state index contributed by atoms with van der Waals surface area (Å²) in [6.45, 7) is 1.89. The van der Waals surface area contributed by atoms with E-state index in [4.69, 9.17) is 5.11 Å². The zero-order valence-electron chi connectivity index (χ0n) is 9.10. The molecule has 0 saturated heterocycles. The number of rotatable bonds is 2. The second-order valence-corrected chi connectivity index (χ2v) is 3.66. The molecule has 5 heteroatoms. The number of hydrogen-bond acceptors (Lipinski definition) is 3. The lowest BCUT2D eigenvalue weighted by atomic mass is 10.0. The average molecular weight is 230 g/mol. The van der Waals surface area contributed by atoms with Crippen LogP contribution in [0.4, 0.5) is 0 Å². The van der Waals surface area contributed by atoms with Crippen molar-refractivity contribution < 1.29 is 9.90 Å². The Balaban J connectivity index is 2.72. The van der Waals surface area contributed by atoms with Gasteiger partial charge in [0.2, 0.25) is 0 Å². The molecule has 0 fully saturated rings. The third-order valence-corrected chi connectivity index (χ3v) is 2.40. The highest BCUT2D eigenvalue weighted by Crippen LogP contribution is 2.21. The molecule has 0 aliphatic carbocycles. The third-order valence-electron chi connectivity index (χ3n) is 2.40. The summed E-state index contributed by atoms with van der Waals surface area (Å²) in [5.41, 5.74) is 0.993. The molecule has 5 nitrogen and oxygen atoms in total. The largest absolute Gasteiger partial charge is 0.477 e. The third kappa shape index (κ3) is 2.08. The smallest absolute Gasteiger partial charge is 0.342 e. The first kappa shape index (κ1) is 11.1. The second kappa shape index (κ2) is 4.21. The summed E-state index contributed by atoms with van der Waals surface area (Å²) in [4.78, 5) is 22.5. The zero-order chi connectivity index (χ0) is 12.4. The molecule has 2 rings (SSSR count). The van der Waals surface area contributed by atoms with Crippen LogP contribution in [0.15, 0.2) is 35.3 Å².